The zero-order valence-corrected chi connectivity index (χ0v) is 22.7. The normalized spacial score (nSPS) is 13.8. The van der Waals surface area contributed by atoms with E-state index >= 15 is 0 Å². The van der Waals surface area contributed by atoms with Crippen LogP contribution in [0.4, 0.5) is 21.5 Å². The molecule has 200 valence electrons. The van der Waals surface area contributed by atoms with E-state index < -0.39 is 38.3 Å². The Bertz CT molecular complexity index is 1830. The largest absolute Gasteiger partial charge is 0.325 e. The quantitative estimate of drug-likeness (QED) is 0.314. The molecule has 0 fully saturated rings. The van der Waals surface area contributed by atoms with Crippen molar-refractivity contribution in [1.29, 1.82) is 0 Å². The Morgan fingerprint density at radius 3 is 2.41 bits per heavy atom. The lowest BCUT2D eigenvalue weighted by Crippen LogP contribution is -2.40. The van der Waals surface area contributed by atoms with Crippen LogP contribution in [0.3, 0.4) is 0 Å². The lowest BCUT2D eigenvalue weighted by atomic mass is 10.0. The average molecular weight is 586 g/mol. The van der Waals surface area contributed by atoms with Crippen molar-refractivity contribution in [3.05, 3.63) is 101 Å². The summed E-state index contributed by atoms with van der Waals surface area (Å²) in [6.07, 6.45) is 0. The van der Waals surface area contributed by atoms with Crippen molar-refractivity contribution in [2.24, 2.45) is 0 Å². The number of fused-ring (bicyclic) bond motifs is 3. The molecule has 0 spiro atoms. The van der Waals surface area contributed by atoms with Gasteiger partial charge in [0.25, 0.3) is 20.0 Å². The Labute approximate surface area is 230 Å². The minimum absolute atomic E-state index is 0.0344. The van der Waals surface area contributed by atoms with E-state index in [1.165, 1.54) is 48.5 Å². The fraction of sp³-hybridized carbons (Fsp3) is 0.0741. The number of nitrogens with zero attached hydrogens (tertiary/aromatic N) is 1. The predicted octanol–water partition coefficient (Wildman–Crippen LogP) is 5.40. The predicted molar refractivity (Wildman–Crippen MR) is 148 cm³/mol. The van der Waals surface area contributed by atoms with Crippen LogP contribution in [0.1, 0.15) is 5.56 Å². The molecule has 0 saturated carbocycles. The van der Waals surface area contributed by atoms with Gasteiger partial charge in [-0.3, -0.25) is 13.8 Å². The van der Waals surface area contributed by atoms with Gasteiger partial charge in [0.1, 0.15) is 12.4 Å². The minimum Gasteiger partial charge on any atom is -0.325 e. The third-order valence-corrected chi connectivity index (χ3v) is 9.59. The SMILES string of the molecule is Cc1ccc(Cl)cc1NS(=O)(=O)c1ccc(NC(=O)CN2c3ccc(F)cc3-c3ccccc3S2(=O)=O)cc1. The highest BCUT2D eigenvalue weighted by molar-refractivity contribution is 7.93. The molecule has 0 aromatic heterocycles. The van der Waals surface area contributed by atoms with Gasteiger partial charge in [-0.1, -0.05) is 35.9 Å². The molecule has 2 N–H and O–H groups in total. The van der Waals surface area contributed by atoms with Gasteiger partial charge in [0.2, 0.25) is 5.91 Å². The van der Waals surface area contributed by atoms with Gasteiger partial charge in [-0.15, -0.1) is 0 Å². The van der Waals surface area contributed by atoms with Crippen molar-refractivity contribution >= 4 is 54.6 Å². The van der Waals surface area contributed by atoms with Crippen LogP contribution < -0.4 is 14.3 Å². The Kier molecular flexibility index (Phi) is 6.83. The topological polar surface area (TPSA) is 113 Å². The molecule has 1 amide bonds. The molecule has 39 heavy (non-hydrogen) atoms. The van der Waals surface area contributed by atoms with E-state index in [-0.39, 0.29) is 21.2 Å². The Morgan fingerprint density at radius 1 is 0.949 bits per heavy atom. The first-order valence-electron chi connectivity index (χ1n) is 11.6. The molecule has 0 bridgehead atoms. The van der Waals surface area contributed by atoms with E-state index in [0.717, 1.165) is 10.4 Å². The highest BCUT2D eigenvalue weighted by Gasteiger charge is 2.36. The molecule has 1 heterocycles. The second-order valence-electron chi connectivity index (χ2n) is 8.81. The van der Waals surface area contributed by atoms with E-state index in [1.807, 2.05) is 0 Å². The third-order valence-electron chi connectivity index (χ3n) is 6.15. The number of hydrogen-bond acceptors (Lipinski definition) is 5. The first kappa shape index (κ1) is 26.7. The Hall–Kier alpha value is -3.93. The molecular weight excluding hydrogens is 565 g/mol. The van der Waals surface area contributed by atoms with Crippen molar-refractivity contribution < 1.29 is 26.0 Å². The summed E-state index contributed by atoms with van der Waals surface area (Å²) in [5.41, 5.74) is 2.16. The van der Waals surface area contributed by atoms with Crippen LogP contribution >= 0.6 is 11.6 Å². The molecule has 4 aromatic carbocycles. The zero-order chi connectivity index (χ0) is 27.9. The van der Waals surface area contributed by atoms with E-state index in [9.17, 15) is 26.0 Å². The summed E-state index contributed by atoms with van der Waals surface area (Å²) in [5, 5.41) is 2.96. The van der Waals surface area contributed by atoms with Crippen molar-refractivity contribution in [2.75, 3.05) is 20.9 Å². The first-order valence-corrected chi connectivity index (χ1v) is 14.9. The number of amides is 1. The summed E-state index contributed by atoms with van der Waals surface area (Å²) in [5.74, 6) is -1.21. The maximum absolute atomic E-state index is 14.0. The Balaban J connectivity index is 1.35. The molecule has 1 aliphatic heterocycles. The molecule has 12 heteroatoms. The van der Waals surface area contributed by atoms with Crippen LogP contribution in [0.25, 0.3) is 11.1 Å². The number of rotatable bonds is 6. The molecule has 1 aliphatic rings. The number of sulfonamides is 2. The highest BCUT2D eigenvalue weighted by atomic mass is 35.5. The lowest BCUT2D eigenvalue weighted by Gasteiger charge is -2.31. The van der Waals surface area contributed by atoms with E-state index in [2.05, 4.69) is 10.0 Å². The summed E-state index contributed by atoms with van der Waals surface area (Å²) >= 11 is 5.98. The highest BCUT2D eigenvalue weighted by Crippen LogP contribution is 2.43. The summed E-state index contributed by atoms with van der Waals surface area (Å²) in [4.78, 5) is 12.8. The molecule has 8 nitrogen and oxygen atoms in total. The second-order valence-corrected chi connectivity index (χ2v) is 12.8. The van der Waals surface area contributed by atoms with Gasteiger partial charge in [-0.2, -0.15) is 0 Å². The van der Waals surface area contributed by atoms with Gasteiger partial charge < -0.3 is 5.32 Å². The van der Waals surface area contributed by atoms with Crippen LogP contribution in [0.5, 0.6) is 0 Å². The molecule has 0 aliphatic carbocycles. The first-order chi connectivity index (χ1) is 18.5. The zero-order valence-electron chi connectivity index (χ0n) is 20.4. The number of aryl methyl sites for hydroxylation is 1. The second kappa shape index (κ2) is 9.99. The van der Waals surface area contributed by atoms with Gasteiger partial charge in [0, 0.05) is 21.8 Å². The average Bonchev–Trinajstić information content (AvgIpc) is 2.89. The lowest BCUT2D eigenvalue weighted by molar-refractivity contribution is -0.114. The van der Waals surface area contributed by atoms with Gasteiger partial charge in [0.05, 0.1) is 21.2 Å². The monoisotopic (exact) mass is 585 g/mol. The number of anilines is 3. The van der Waals surface area contributed by atoms with E-state index in [0.29, 0.717) is 27.4 Å². The summed E-state index contributed by atoms with van der Waals surface area (Å²) in [6, 6.07) is 20.1. The van der Waals surface area contributed by atoms with Crippen molar-refractivity contribution in [3.63, 3.8) is 0 Å². The van der Waals surface area contributed by atoms with Crippen molar-refractivity contribution in [2.45, 2.75) is 16.7 Å². The molecule has 0 unspecified atom stereocenters. The molecular formula is C27H21ClFN3O5S2. The summed E-state index contributed by atoms with van der Waals surface area (Å²) < 4.78 is 69.8. The van der Waals surface area contributed by atoms with Crippen LogP contribution in [-0.4, -0.2) is 29.3 Å². The molecule has 0 radical (unpaired) electrons. The molecule has 0 atom stereocenters. The van der Waals surface area contributed by atoms with Gasteiger partial charge in [0.15, 0.2) is 0 Å². The Morgan fingerprint density at radius 2 is 1.67 bits per heavy atom. The number of hydrogen-bond donors (Lipinski definition) is 2. The number of nitrogens with one attached hydrogen (secondary N) is 2. The standard InChI is InChI=1S/C27H21ClFN3O5S2/c1-17-6-7-18(28)14-24(17)31-38(34,35)21-11-9-20(10-12-21)30-27(33)16-32-25-13-8-19(29)15-23(25)22-4-2-3-5-26(22)39(32,36)37/h2-15,31H,16H2,1H3,(H,30,33). The van der Waals surface area contributed by atoms with Gasteiger partial charge >= 0.3 is 0 Å². The number of halogens is 2. The maximum Gasteiger partial charge on any atom is 0.265 e. The van der Waals surface area contributed by atoms with Gasteiger partial charge in [-0.25, -0.2) is 21.2 Å². The number of benzene rings is 4. The van der Waals surface area contributed by atoms with Gasteiger partial charge in [-0.05, 0) is 73.2 Å². The van der Waals surface area contributed by atoms with E-state index in [1.54, 1.807) is 37.3 Å². The van der Waals surface area contributed by atoms with Crippen LogP contribution in [0.15, 0.2) is 94.7 Å². The van der Waals surface area contributed by atoms with Crippen molar-refractivity contribution in [3.8, 4) is 11.1 Å². The molecule has 5 rings (SSSR count). The smallest absolute Gasteiger partial charge is 0.265 e. The van der Waals surface area contributed by atoms with Crippen LogP contribution in [0, 0.1) is 12.7 Å². The minimum atomic E-state index is -4.11. The van der Waals surface area contributed by atoms with Crippen LogP contribution in [0.2, 0.25) is 5.02 Å². The van der Waals surface area contributed by atoms with Crippen LogP contribution in [-0.2, 0) is 24.8 Å². The fourth-order valence-electron chi connectivity index (χ4n) is 4.23. The number of carbonyl (C=O) groups is 1. The maximum atomic E-state index is 14.0. The number of carbonyl (C=O) groups excluding carboxylic acids is 1. The van der Waals surface area contributed by atoms with E-state index in [4.69, 9.17) is 11.6 Å². The van der Waals surface area contributed by atoms with Crippen molar-refractivity contribution in [1.82, 2.24) is 0 Å². The summed E-state index contributed by atoms with van der Waals surface area (Å²) in [6.45, 7) is 1.16. The molecule has 0 saturated heterocycles. The molecule has 4 aromatic rings. The fourth-order valence-corrected chi connectivity index (χ4v) is 7.17. The summed E-state index contributed by atoms with van der Waals surface area (Å²) in [7, 11) is -8.05. The third kappa shape index (κ3) is 5.20.